The molecular formula is C27H18ClF3O7. The minimum atomic E-state index is -5.10. The van der Waals surface area contributed by atoms with Crippen LogP contribution in [-0.4, -0.2) is 18.5 Å². The molecular weight excluding hydrogens is 529 g/mol. The van der Waals surface area contributed by atoms with Crippen molar-refractivity contribution in [1.29, 1.82) is 0 Å². The summed E-state index contributed by atoms with van der Waals surface area (Å²) in [7, 11) is 0. The quantitative estimate of drug-likeness (QED) is 0.181. The standard InChI is InChI=1S/C27H18ClF3O7/c1-2-13-35-25(33)15-7-9-16(10-8-15)36-23-22(32)19-12-11-17(14-21(19)38-24(23)27(29,30)31)37-26(34)18-5-3-4-6-20(18)28/h3-12,14H,2,13H2,1H3. The van der Waals surface area contributed by atoms with Crippen LogP contribution < -0.4 is 14.9 Å². The summed E-state index contributed by atoms with van der Waals surface area (Å²) in [4.78, 5) is 37.4. The highest BCUT2D eigenvalue weighted by Gasteiger charge is 2.40. The minimum absolute atomic E-state index is 0.0417. The average molecular weight is 547 g/mol. The summed E-state index contributed by atoms with van der Waals surface area (Å²) >= 11 is 5.98. The van der Waals surface area contributed by atoms with Crippen LogP contribution in [0.2, 0.25) is 5.02 Å². The van der Waals surface area contributed by atoms with E-state index in [4.69, 9.17) is 30.2 Å². The molecule has 38 heavy (non-hydrogen) atoms. The van der Waals surface area contributed by atoms with Gasteiger partial charge in [0.25, 0.3) is 5.76 Å². The molecule has 0 N–H and O–H groups in total. The number of hydrogen-bond donors (Lipinski definition) is 0. The number of ether oxygens (including phenoxy) is 3. The first-order chi connectivity index (χ1) is 18.1. The van der Waals surface area contributed by atoms with Gasteiger partial charge in [-0.1, -0.05) is 30.7 Å². The molecule has 0 aliphatic heterocycles. The van der Waals surface area contributed by atoms with Crippen LogP contribution in [0.25, 0.3) is 11.0 Å². The Bertz CT molecular complexity index is 1560. The van der Waals surface area contributed by atoms with Gasteiger partial charge in [-0.15, -0.1) is 0 Å². The third-order valence-electron chi connectivity index (χ3n) is 5.13. The summed E-state index contributed by atoms with van der Waals surface area (Å²) in [6.45, 7) is 2.04. The summed E-state index contributed by atoms with van der Waals surface area (Å²) in [6.07, 6.45) is -4.48. The fourth-order valence-electron chi connectivity index (χ4n) is 3.34. The van der Waals surface area contributed by atoms with Crippen LogP contribution in [0, 0.1) is 0 Å². The van der Waals surface area contributed by atoms with Crippen LogP contribution in [0.5, 0.6) is 17.2 Å². The van der Waals surface area contributed by atoms with Crippen molar-refractivity contribution in [2.24, 2.45) is 0 Å². The molecule has 7 nitrogen and oxygen atoms in total. The third kappa shape index (κ3) is 5.81. The molecule has 1 heterocycles. The van der Waals surface area contributed by atoms with Gasteiger partial charge in [-0.2, -0.15) is 13.2 Å². The number of carbonyl (C=O) groups excluding carboxylic acids is 2. The van der Waals surface area contributed by atoms with E-state index in [2.05, 4.69) is 0 Å². The third-order valence-corrected chi connectivity index (χ3v) is 5.46. The van der Waals surface area contributed by atoms with Gasteiger partial charge in [0, 0.05) is 6.07 Å². The van der Waals surface area contributed by atoms with Crippen molar-refractivity contribution in [3.63, 3.8) is 0 Å². The molecule has 196 valence electrons. The maximum atomic E-state index is 13.8. The Morgan fingerprint density at radius 3 is 2.29 bits per heavy atom. The van der Waals surface area contributed by atoms with E-state index in [9.17, 15) is 27.6 Å². The number of fused-ring (bicyclic) bond motifs is 1. The Balaban J connectivity index is 1.67. The molecule has 4 rings (SSSR count). The molecule has 0 amide bonds. The molecule has 11 heteroatoms. The zero-order valence-electron chi connectivity index (χ0n) is 19.6. The first-order valence-corrected chi connectivity index (χ1v) is 11.6. The second-order valence-corrected chi connectivity index (χ2v) is 8.28. The van der Waals surface area contributed by atoms with Gasteiger partial charge in [0.05, 0.1) is 28.1 Å². The number of rotatable bonds is 7. The molecule has 0 radical (unpaired) electrons. The molecule has 0 saturated heterocycles. The van der Waals surface area contributed by atoms with Crippen LogP contribution in [0.1, 0.15) is 39.8 Å². The predicted molar refractivity (Wildman–Crippen MR) is 131 cm³/mol. The van der Waals surface area contributed by atoms with Crippen molar-refractivity contribution in [3.05, 3.63) is 98.9 Å². The summed E-state index contributed by atoms with van der Waals surface area (Å²) in [5.41, 5.74) is -1.38. The van der Waals surface area contributed by atoms with E-state index in [-0.39, 0.29) is 39.6 Å². The Labute approximate surface area is 218 Å². The maximum Gasteiger partial charge on any atom is 0.453 e. The molecule has 0 saturated carbocycles. The molecule has 1 aromatic heterocycles. The molecule has 0 atom stereocenters. The van der Waals surface area contributed by atoms with Crippen molar-refractivity contribution < 1.29 is 41.4 Å². The van der Waals surface area contributed by atoms with E-state index < -0.39 is 40.6 Å². The Hall–Kier alpha value is -4.31. The monoisotopic (exact) mass is 546 g/mol. The zero-order chi connectivity index (χ0) is 27.4. The van der Waals surface area contributed by atoms with E-state index in [1.165, 1.54) is 42.5 Å². The fraction of sp³-hybridized carbons (Fsp3) is 0.148. The van der Waals surface area contributed by atoms with Crippen LogP contribution >= 0.6 is 11.6 Å². The Kier molecular flexibility index (Phi) is 7.72. The van der Waals surface area contributed by atoms with Crippen molar-refractivity contribution in [2.75, 3.05) is 6.61 Å². The van der Waals surface area contributed by atoms with Gasteiger partial charge in [0.1, 0.15) is 17.1 Å². The molecule has 4 aromatic rings. The summed E-state index contributed by atoms with van der Waals surface area (Å²) in [5.74, 6) is -4.54. The molecule has 0 aliphatic carbocycles. The normalized spacial score (nSPS) is 11.3. The van der Waals surface area contributed by atoms with E-state index in [1.54, 1.807) is 12.1 Å². The highest BCUT2D eigenvalue weighted by Crippen LogP contribution is 2.38. The molecule has 0 aliphatic rings. The van der Waals surface area contributed by atoms with Crippen molar-refractivity contribution in [2.45, 2.75) is 19.5 Å². The molecule has 0 fully saturated rings. The van der Waals surface area contributed by atoms with Gasteiger partial charge < -0.3 is 18.6 Å². The van der Waals surface area contributed by atoms with Gasteiger partial charge in [0.15, 0.2) is 0 Å². The van der Waals surface area contributed by atoms with Crippen molar-refractivity contribution in [1.82, 2.24) is 0 Å². The lowest BCUT2D eigenvalue weighted by Gasteiger charge is -2.14. The summed E-state index contributed by atoms with van der Waals surface area (Å²) in [5, 5.41) is -0.123. The summed E-state index contributed by atoms with van der Waals surface area (Å²) in [6, 6.07) is 14.5. The Morgan fingerprint density at radius 2 is 1.63 bits per heavy atom. The van der Waals surface area contributed by atoms with Gasteiger partial charge in [-0.3, -0.25) is 4.79 Å². The topological polar surface area (TPSA) is 92.0 Å². The number of halogens is 4. The van der Waals surface area contributed by atoms with Crippen molar-refractivity contribution >= 4 is 34.5 Å². The first-order valence-electron chi connectivity index (χ1n) is 11.2. The Morgan fingerprint density at radius 1 is 0.947 bits per heavy atom. The van der Waals surface area contributed by atoms with Gasteiger partial charge in [-0.05, 0) is 55.0 Å². The predicted octanol–water partition coefficient (Wildman–Crippen LogP) is 7.04. The highest BCUT2D eigenvalue weighted by molar-refractivity contribution is 6.33. The van der Waals surface area contributed by atoms with Crippen LogP contribution in [0.15, 0.2) is 75.9 Å². The fourth-order valence-corrected chi connectivity index (χ4v) is 3.56. The van der Waals surface area contributed by atoms with E-state index in [0.29, 0.717) is 6.42 Å². The SMILES string of the molecule is CCCOC(=O)c1ccc(Oc2c(C(F)(F)F)oc3cc(OC(=O)c4ccccc4Cl)ccc3c2=O)cc1. The number of esters is 2. The number of alkyl halides is 3. The molecule has 0 spiro atoms. The lowest BCUT2D eigenvalue weighted by atomic mass is 10.2. The second-order valence-electron chi connectivity index (χ2n) is 7.88. The average Bonchev–Trinajstić information content (AvgIpc) is 2.88. The van der Waals surface area contributed by atoms with Crippen LogP contribution in [-0.2, 0) is 10.9 Å². The van der Waals surface area contributed by atoms with E-state index in [0.717, 1.165) is 12.1 Å². The van der Waals surface area contributed by atoms with Crippen molar-refractivity contribution in [3.8, 4) is 17.2 Å². The van der Waals surface area contributed by atoms with E-state index >= 15 is 0 Å². The molecule has 0 unspecified atom stereocenters. The van der Waals surface area contributed by atoms with Gasteiger partial charge >= 0.3 is 18.1 Å². The highest BCUT2D eigenvalue weighted by atomic mass is 35.5. The lowest BCUT2D eigenvalue weighted by molar-refractivity contribution is -0.154. The largest absolute Gasteiger partial charge is 0.462 e. The van der Waals surface area contributed by atoms with Gasteiger partial charge in [-0.25, -0.2) is 9.59 Å². The van der Waals surface area contributed by atoms with Crippen LogP contribution in [0.4, 0.5) is 13.2 Å². The zero-order valence-corrected chi connectivity index (χ0v) is 20.4. The smallest absolute Gasteiger partial charge is 0.453 e. The molecule has 3 aromatic carbocycles. The number of benzene rings is 3. The molecule has 0 bridgehead atoms. The minimum Gasteiger partial charge on any atom is -0.462 e. The maximum absolute atomic E-state index is 13.8. The summed E-state index contributed by atoms with van der Waals surface area (Å²) < 4.78 is 62.1. The second kappa shape index (κ2) is 11.0. The number of hydrogen-bond acceptors (Lipinski definition) is 7. The number of carbonyl (C=O) groups is 2. The van der Waals surface area contributed by atoms with Crippen LogP contribution in [0.3, 0.4) is 0 Å². The van der Waals surface area contributed by atoms with E-state index in [1.807, 2.05) is 6.92 Å². The first kappa shape index (κ1) is 26.7. The lowest BCUT2D eigenvalue weighted by Crippen LogP contribution is -2.16. The van der Waals surface area contributed by atoms with Gasteiger partial charge in [0.2, 0.25) is 11.2 Å².